The van der Waals surface area contributed by atoms with E-state index in [4.69, 9.17) is 5.11 Å². The third-order valence-corrected chi connectivity index (χ3v) is 2.65. The maximum atomic E-state index is 8.85. The van der Waals surface area contributed by atoms with Gasteiger partial charge in [0, 0.05) is 6.61 Å². The standard InChI is InChI=1S/C8H12O/c9-5-8-4-6-1-2-7(8)3-6/h1-2,6-9H,3-5H2/t6?,7-,8+/m1/s1. The van der Waals surface area contributed by atoms with E-state index in [-0.39, 0.29) is 0 Å². The van der Waals surface area contributed by atoms with E-state index in [0.717, 1.165) is 11.8 Å². The van der Waals surface area contributed by atoms with Crippen LogP contribution < -0.4 is 0 Å². The van der Waals surface area contributed by atoms with Gasteiger partial charge in [0.05, 0.1) is 0 Å². The van der Waals surface area contributed by atoms with Crippen molar-refractivity contribution in [1.29, 1.82) is 0 Å². The Labute approximate surface area is 55.4 Å². The molecule has 1 unspecified atom stereocenters. The van der Waals surface area contributed by atoms with Crippen molar-refractivity contribution in [3.63, 3.8) is 0 Å². The lowest BCUT2D eigenvalue weighted by atomic mass is 9.95. The molecule has 0 radical (unpaired) electrons. The summed E-state index contributed by atoms with van der Waals surface area (Å²) in [6.07, 6.45) is 7.12. The van der Waals surface area contributed by atoms with Crippen LogP contribution in [0, 0.1) is 17.8 Å². The average molecular weight is 124 g/mol. The zero-order valence-corrected chi connectivity index (χ0v) is 5.46. The number of hydrogen-bond acceptors (Lipinski definition) is 1. The molecule has 1 fully saturated rings. The first-order chi connectivity index (χ1) is 4.40. The van der Waals surface area contributed by atoms with Crippen molar-refractivity contribution in [1.82, 2.24) is 0 Å². The Morgan fingerprint density at radius 2 is 2.22 bits per heavy atom. The van der Waals surface area contributed by atoms with Gasteiger partial charge in [-0.15, -0.1) is 0 Å². The minimum absolute atomic E-state index is 0.394. The third kappa shape index (κ3) is 0.715. The summed E-state index contributed by atoms with van der Waals surface area (Å²) in [4.78, 5) is 0. The first kappa shape index (κ1) is 5.48. The number of aliphatic hydroxyl groups is 1. The molecule has 2 rings (SSSR count). The summed E-state index contributed by atoms with van der Waals surface area (Å²) in [5.41, 5.74) is 0. The predicted octanol–water partition coefficient (Wildman–Crippen LogP) is 1.19. The normalized spacial score (nSPS) is 46.6. The van der Waals surface area contributed by atoms with Crippen LogP contribution in [0.3, 0.4) is 0 Å². The van der Waals surface area contributed by atoms with Crippen molar-refractivity contribution in [3.8, 4) is 0 Å². The van der Waals surface area contributed by atoms with Crippen molar-refractivity contribution in [2.24, 2.45) is 17.8 Å². The Balaban J connectivity index is 2.10. The molecule has 0 amide bonds. The third-order valence-electron chi connectivity index (χ3n) is 2.65. The highest BCUT2D eigenvalue weighted by Gasteiger charge is 2.34. The zero-order chi connectivity index (χ0) is 6.27. The van der Waals surface area contributed by atoms with Gasteiger partial charge in [-0.3, -0.25) is 0 Å². The second-order valence-electron chi connectivity index (χ2n) is 3.22. The molecular formula is C8H12O. The maximum absolute atomic E-state index is 8.85. The molecule has 2 aliphatic carbocycles. The highest BCUT2D eigenvalue weighted by atomic mass is 16.3. The summed E-state index contributed by atoms with van der Waals surface area (Å²) in [6.45, 7) is 0.394. The molecule has 0 spiro atoms. The lowest BCUT2D eigenvalue weighted by Crippen LogP contribution is -2.10. The van der Waals surface area contributed by atoms with Crippen LogP contribution in [0.15, 0.2) is 12.2 Å². The summed E-state index contributed by atoms with van der Waals surface area (Å²) in [7, 11) is 0. The lowest BCUT2D eigenvalue weighted by Gasteiger charge is -2.13. The maximum Gasteiger partial charge on any atom is 0.0465 e. The fourth-order valence-electron chi connectivity index (χ4n) is 2.10. The summed E-state index contributed by atoms with van der Waals surface area (Å²) in [5.74, 6) is 2.13. The SMILES string of the molecule is OC[C@@H]1CC2C=C[C@@H]1C2. The van der Waals surface area contributed by atoms with Gasteiger partial charge in [-0.1, -0.05) is 12.2 Å². The van der Waals surface area contributed by atoms with Gasteiger partial charge in [0.2, 0.25) is 0 Å². The van der Waals surface area contributed by atoms with E-state index in [2.05, 4.69) is 12.2 Å². The number of hydrogen-bond donors (Lipinski definition) is 1. The summed E-state index contributed by atoms with van der Waals surface area (Å²) >= 11 is 0. The lowest BCUT2D eigenvalue weighted by molar-refractivity contribution is 0.207. The molecule has 1 saturated carbocycles. The first-order valence-electron chi connectivity index (χ1n) is 3.69. The molecule has 0 heterocycles. The quantitative estimate of drug-likeness (QED) is 0.520. The topological polar surface area (TPSA) is 20.2 Å². The zero-order valence-electron chi connectivity index (χ0n) is 5.46. The Morgan fingerprint density at radius 3 is 2.56 bits per heavy atom. The Kier molecular flexibility index (Phi) is 1.12. The van der Waals surface area contributed by atoms with Gasteiger partial charge >= 0.3 is 0 Å². The van der Waals surface area contributed by atoms with E-state index in [9.17, 15) is 0 Å². The van der Waals surface area contributed by atoms with Crippen LogP contribution in [0.25, 0.3) is 0 Å². The van der Waals surface area contributed by atoms with E-state index in [1.165, 1.54) is 12.8 Å². The van der Waals surface area contributed by atoms with Crippen molar-refractivity contribution < 1.29 is 5.11 Å². The van der Waals surface area contributed by atoms with Crippen LogP contribution in [0.2, 0.25) is 0 Å². The van der Waals surface area contributed by atoms with Crippen LogP contribution in [0.5, 0.6) is 0 Å². The van der Waals surface area contributed by atoms with Gasteiger partial charge in [0.25, 0.3) is 0 Å². The van der Waals surface area contributed by atoms with Gasteiger partial charge < -0.3 is 5.11 Å². The molecule has 2 bridgehead atoms. The first-order valence-corrected chi connectivity index (χ1v) is 3.69. The summed E-state index contributed by atoms with van der Waals surface area (Å²) in [5, 5.41) is 8.85. The van der Waals surface area contributed by atoms with Crippen LogP contribution in [-0.4, -0.2) is 11.7 Å². The van der Waals surface area contributed by atoms with E-state index >= 15 is 0 Å². The van der Waals surface area contributed by atoms with Crippen LogP contribution in [0.1, 0.15) is 12.8 Å². The molecule has 0 saturated heterocycles. The Bertz CT molecular complexity index is 140. The largest absolute Gasteiger partial charge is 0.396 e. The fraction of sp³-hybridized carbons (Fsp3) is 0.750. The summed E-state index contributed by atoms with van der Waals surface area (Å²) in [6, 6.07) is 0. The smallest absolute Gasteiger partial charge is 0.0465 e. The van der Waals surface area contributed by atoms with Crippen molar-refractivity contribution >= 4 is 0 Å². The molecule has 0 aromatic rings. The molecule has 3 atom stereocenters. The predicted molar refractivity (Wildman–Crippen MR) is 35.9 cm³/mol. The van der Waals surface area contributed by atoms with Gasteiger partial charge in [0.1, 0.15) is 0 Å². The van der Waals surface area contributed by atoms with Gasteiger partial charge in [-0.05, 0) is 30.6 Å². The molecule has 9 heavy (non-hydrogen) atoms. The van der Waals surface area contributed by atoms with E-state index in [0.29, 0.717) is 12.5 Å². The van der Waals surface area contributed by atoms with E-state index < -0.39 is 0 Å². The van der Waals surface area contributed by atoms with Crippen molar-refractivity contribution in [3.05, 3.63) is 12.2 Å². The Morgan fingerprint density at radius 1 is 1.33 bits per heavy atom. The number of rotatable bonds is 1. The molecule has 0 aromatic carbocycles. The van der Waals surface area contributed by atoms with Gasteiger partial charge in [0.15, 0.2) is 0 Å². The molecular weight excluding hydrogens is 112 g/mol. The van der Waals surface area contributed by atoms with Crippen LogP contribution in [-0.2, 0) is 0 Å². The van der Waals surface area contributed by atoms with E-state index in [1.54, 1.807) is 0 Å². The minimum atomic E-state index is 0.394. The number of allylic oxidation sites excluding steroid dienone is 2. The second kappa shape index (κ2) is 1.84. The molecule has 50 valence electrons. The molecule has 0 aliphatic heterocycles. The van der Waals surface area contributed by atoms with Gasteiger partial charge in [-0.25, -0.2) is 0 Å². The molecule has 1 heteroatoms. The average Bonchev–Trinajstić information content (AvgIpc) is 2.45. The van der Waals surface area contributed by atoms with Crippen LogP contribution in [0.4, 0.5) is 0 Å². The minimum Gasteiger partial charge on any atom is -0.396 e. The molecule has 0 aromatic heterocycles. The monoisotopic (exact) mass is 124 g/mol. The highest BCUT2D eigenvalue weighted by molar-refractivity contribution is 5.09. The molecule has 2 aliphatic rings. The summed E-state index contributed by atoms with van der Waals surface area (Å²) < 4.78 is 0. The molecule has 1 nitrogen and oxygen atoms in total. The van der Waals surface area contributed by atoms with Crippen molar-refractivity contribution in [2.75, 3.05) is 6.61 Å². The van der Waals surface area contributed by atoms with Crippen molar-refractivity contribution in [2.45, 2.75) is 12.8 Å². The number of aliphatic hydroxyl groups excluding tert-OH is 1. The second-order valence-corrected chi connectivity index (χ2v) is 3.22. The van der Waals surface area contributed by atoms with Crippen LogP contribution >= 0.6 is 0 Å². The number of fused-ring (bicyclic) bond motifs is 2. The highest BCUT2D eigenvalue weighted by Crippen LogP contribution is 2.42. The Hall–Kier alpha value is -0.300. The molecule has 1 N–H and O–H groups in total. The van der Waals surface area contributed by atoms with E-state index in [1.807, 2.05) is 0 Å². The van der Waals surface area contributed by atoms with Gasteiger partial charge in [-0.2, -0.15) is 0 Å². The fourth-order valence-corrected chi connectivity index (χ4v) is 2.10.